The number of aromatic nitrogens is 1. The largest absolute Gasteiger partial charge is 0.542 e. The van der Waals surface area contributed by atoms with E-state index in [1.807, 2.05) is 11.3 Å². The van der Waals surface area contributed by atoms with Crippen LogP contribution in [0.4, 0.5) is 13.2 Å². The number of carboxylic acid groups (broad SMARTS) is 1. The highest BCUT2D eigenvalue weighted by molar-refractivity contribution is 7.16. The topological polar surface area (TPSA) is 44.0 Å². The highest BCUT2D eigenvalue weighted by Gasteiger charge is 2.28. The van der Waals surface area contributed by atoms with Crippen LogP contribution in [0.2, 0.25) is 0 Å². The van der Waals surface area contributed by atoms with Gasteiger partial charge < -0.3 is 9.90 Å². The summed E-state index contributed by atoms with van der Waals surface area (Å²) in [5, 5.41) is 8.78. The Hall–Kier alpha value is -1.63. The van der Waals surface area contributed by atoms with Crippen molar-refractivity contribution in [3.63, 3.8) is 0 Å². The molecule has 0 N–H and O–H groups in total. The number of thiazole rings is 1. The van der Waals surface area contributed by atoms with E-state index < -0.39 is 12.1 Å². The number of halogens is 3. The van der Waals surface area contributed by atoms with Gasteiger partial charge in [-0.15, -0.1) is 0 Å². The van der Waals surface area contributed by atoms with Crippen molar-refractivity contribution in [3.8, 4) is 0 Å². The summed E-state index contributed by atoms with van der Waals surface area (Å²) in [4.78, 5) is 8.78. The number of aliphatic carboxylic acids is 1. The molecule has 0 bridgehead atoms. The van der Waals surface area contributed by atoms with E-state index in [0.717, 1.165) is 0 Å². The summed E-state index contributed by atoms with van der Waals surface area (Å²) in [7, 11) is 0. The SMILES string of the molecule is O=C([O-])C(F)(F)F.c1cc2c3c(c1)sc[n+]3CCC2. The Bertz CT molecular complexity index is 607. The minimum atomic E-state index is -5.19. The molecule has 2 heterocycles. The molecule has 1 aromatic carbocycles. The molecule has 102 valence electrons. The number of nitrogens with zero attached hydrogens (tertiary/aromatic N) is 1. The number of hydrogen-bond donors (Lipinski definition) is 0. The van der Waals surface area contributed by atoms with Gasteiger partial charge in [-0.25, -0.2) is 0 Å². The lowest BCUT2D eigenvalue weighted by Gasteiger charge is -2.05. The molecule has 1 aliphatic rings. The summed E-state index contributed by atoms with van der Waals surface area (Å²) < 4.78 is 35.4. The first-order valence-electron chi connectivity index (χ1n) is 5.56. The second-order valence-corrected chi connectivity index (χ2v) is 4.96. The standard InChI is InChI=1S/C10H10NS.C2HF3O2/c1-3-8-4-2-6-11-7-12-9(5-1)10(8)11;3-2(4,5)1(6)7/h1,3,5,7H,2,4,6H2;(H,6,7)/q+1;/p-1. The number of carbonyl (C=O) groups is 1. The van der Waals surface area contributed by atoms with Gasteiger partial charge in [0.15, 0.2) is 0 Å². The molecule has 3 rings (SSSR count). The molecule has 0 aliphatic carbocycles. The van der Waals surface area contributed by atoms with Gasteiger partial charge in [0, 0.05) is 12.0 Å². The fourth-order valence-electron chi connectivity index (χ4n) is 1.97. The third-order valence-electron chi connectivity index (χ3n) is 2.75. The van der Waals surface area contributed by atoms with Crippen LogP contribution in [-0.2, 0) is 17.8 Å². The first kappa shape index (κ1) is 13.8. The van der Waals surface area contributed by atoms with Crippen molar-refractivity contribution in [2.24, 2.45) is 0 Å². The van der Waals surface area contributed by atoms with Crippen LogP contribution in [0.3, 0.4) is 0 Å². The van der Waals surface area contributed by atoms with Crippen LogP contribution in [-0.4, -0.2) is 12.1 Å². The Labute approximate surface area is 110 Å². The summed E-state index contributed by atoms with van der Waals surface area (Å²) in [6.07, 6.45) is -2.64. The quantitative estimate of drug-likeness (QED) is 0.689. The Kier molecular flexibility index (Phi) is 3.75. The zero-order valence-electron chi connectivity index (χ0n) is 9.74. The predicted molar refractivity (Wildman–Crippen MR) is 61.4 cm³/mol. The summed E-state index contributed by atoms with van der Waals surface area (Å²) in [6, 6.07) is 6.64. The van der Waals surface area contributed by atoms with Crippen LogP contribution >= 0.6 is 11.3 Å². The second kappa shape index (κ2) is 5.16. The van der Waals surface area contributed by atoms with Crippen LogP contribution in [0.5, 0.6) is 0 Å². The lowest BCUT2D eigenvalue weighted by atomic mass is 10.1. The van der Waals surface area contributed by atoms with Gasteiger partial charge in [0.1, 0.15) is 17.2 Å². The lowest BCUT2D eigenvalue weighted by molar-refractivity contribution is -0.670. The number of aryl methyl sites for hydroxylation is 2. The van der Waals surface area contributed by atoms with Crippen molar-refractivity contribution >= 4 is 27.5 Å². The van der Waals surface area contributed by atoms with Gasteiger partial charge in [0.2, 0.25) is 11.0 Å². The zero-order valence-corrected chi connectivity index (χ0v) is 10.6. The third-order valence-corrected chi connectivity index (χ3v) is 3.70. The third kappa shape index (κ3) is 3.04. The fraction of sp³-hybridized carbons (Fsp3) is 0.333. The average Bonchev–Trinajstić information content (AvgIpc) is 2.75. The van der Waals surface area contributed by atoms with E-state index in [2.05, 4.69) is 28.3 Å². The monoisotopic (exact) mass is 289 g/mol. The summed E-state index contributed by atoms with van der Waals surface area (Å²) in [5.74, 6) is -3.01. The highest BCUT2D eigenvalue weighted by atomic mass is 32.1. The molecule has 0 saturated carbocycles. The zero-order chi connectivity index (χ0) is 14.0. The van der Waals surface area contributed by atoms with E-state index >= 15 is 0 Å². The van der Waals surface area contributed by atoms with Crippen molar-refractivity contribution in [2.45, 2.75) is 25.6 Å². The number of benzene rings is 1. The molecule has 0 fully saturated rings. The molecule has 0 amide bonds. The van der Waals surface area contributed by atoms with E-state index in [1.165, 1.54) is 35.2 Å². The minimum absolute atomic E-state index is 1.21. The van der Waals surface area contributed by atoms with Crippen LogP contribution in [0.1, 0.15) is 12.0 Å². The Morgan fingerprint density at radius 1 is 1.37 bits per heavy atom. The molecule has 19 heavy (non-hydrogen) atoms. The Morgan fingerprint density at radius 2 is 2.05 bits per heavy atom. The van der Waals surface area contributed by atoms with Gasteiger partial charge >= 0.3 is 6.18 Å². The molecule has 2 aromatic rings. The first-order chi connectivity index (χ1) is 8.89. The van der Waals surface area contributed by atoms with Crippen LogP contribution < -0.4 is 9.67 Å². The molecule has 0 atom stereocenters. The summed E-state index contributed by atoms with van der Waals surface area (Å²) in [6.45, 7) is 1.21. The van der Waals surface area contributed by atoms with E-state index in [1.54, 1.807) is 0 Å². The number of carboxylic acids is 1. The van der Waals surface area contributed by atoms with Crippen LogP contribution in [0, 0.1) is 0 Å². The van der Waals surface area contributed by atoms with Gasteiger partial charge in [-0.3, -0.25) is 0 Å². The highest BCUT2D eigenvalue weighted by Crippen LogP contribution is 2.23. The molecular formula is C12H10F3NO2S. The molecule has 1 aromatic heterocycles. The molecule has 0 radical (unpaired) electrons. The average molecular weight is 289 g/mol. The maximum atomic E-state index is 10.5. The molecule has 0 unspecified atom stereocenters. The van der Waals surface area contributed by atoms with Gasteiger partial charge in [-0.05, 0) is 12.5 Å². The normalized spacial score (nSPS) is 13.8. The van der Waals surface area contributed by atoms with Crippen LogP contribution in [0.25, 0.3) is 10.2 Å². The Morgan fingerprint density at radius 3 is 2.68 bits per heavy atom. The Balaban J connectivity index is 0.000000167. The van der Waals surface area contributed by atoms with Gasteiger partial charge in [-0.2, -0.15) is 17.7 Å². The van der Waals surface area contributed by atoms with E-state index in [9.17, 15) is 13.2 Å². The smallest absolute Gasteiger partial charge is 0.430 e. The minimum Gasteiger partial charge on any atom is -0.542 e. The molecule has 0 spiro atoms. The summed E-state index contributed by atoms with van der Waals surface area (Å²) in [5.41, 5.74) is 5.25. The molecule has 0 saturated heterocycles. The van der Waals surface area contributed by atoms with Crippen molar-refractivity contribution < 1.29 is 27.6 Å². The molecular weight excluding hydrogens is 279 g/mol. The number of alkyl halides is 3. The molecule has 7 heteroatoms. The number of carbonyl (C=O) groups excluding carboxylic acids is 1. The molecule has 3 nitrogen and oxygen atoms in total. The fourth-order valence-corrected chi connectivity index (χ4v) is 2.94. The van der Waals surface area contributed by atoms with E-state index in [4.69, 9.17) is 9.90 Å². The second-order valence-electron chi connectivity index (χ2n) is 4.07. The summed E-state index contributed by atoms with van der Waals surface area (Å²) >= 11 is 1.86. The van der Waals surface area contributed by atoms with Crippen molar-refractivity contribution in [1.29, 1.82) is 0 Å². The van der Waals surface area contributed by atoms with Gasteiger partial charge in [0.25, 0.3) is 0 Å². The van der Waals surface area contributed by atoms with Crippen LogP contribution in [0.15, 0.2) is 23.7 Å². The predicted octanol–water partition coefficient (Wildman–Crippen LogP) is 1.43. The molecule has 1 aliphatic heterocycles. The van der Waals surface area contributed by atoms with Crippen molar-refractivity contribution in [2.75, 3.05) is 0 Å². The number of rotatable bonds is 0. The number of hydrogen-bond acceptors (Lipinski definition) is 3. The van der Waals surface area contributed by atoms with Crippen molar-refractivity contribution in [1.82, 2.24) is 0 Å². The first-order valence-corrected chi connectivity index (χ1v) is 6.44. The van der Waals surface area contributed by atoms with Crippen molar-refractivity contribution in [3.05, 3.63) is 29.3 Å². The van der Waals surface area contributed by atoms with Gasteiger partial charge in [-0.1, -0.05) is 23.5 Å². The van der Waals surface area contributed by atoms with E-state index in [0.29, 0.717) is 0 Å². The lowest BCUT2D eigenvalue weighted by Crippen LogP contribution is -2.37. The van der Waals surface area contributed by atoms with E-state index in [-0.39, 0.29) is 0 Å². The maximum Gasteiger partial charge on any atom is 0.430 e. The maximum absolute atomic E-state index is 10.5. The number of para-hydroxylation sites is 1. The van der Waals surface area contributed by atoms with Gasteiger partial charge in [0.05, 0.1) is 0 Å².